The average molecular weight is 422 g/mol. The van der Waals surface area contributed by atoms with Crippen molar-refractivity contribution < 1.29 is 9.18 Å². The maximum Gasteiger partial charge on any atom is 0.243 e. The number of piperazine rings is 1. The maximum absolute atomic E-state index is 13.1. The van der Waals surface area contributed by atoms with Crippen molar-refractivity contribution in [2.75, 3.05) is 49.2 Å². The predicted molar refractivity (Wildman–Crippen MR) is 119 cm³/mol. The lowest BCUT2D eigenvalue weighted by atomic mass is 10.2. The summed E-state index contributed by atoms with van der Waals surface area (Å²) < 4.78 is 13.1. The van der Waals surface area contributed by atoms with Gasteiger partial charge in [-0.2, -0.15) is 5.26 Å². The second-order valence-corrected chi connectivity index (χ2v) is 8.23. The van der Waals surface area contributed by atoms with Crippen LogP contribution in [0.25, 0.3) is 0 Å². The van der Waals surface area contributed by atoms with Crippen LogP contribution in [-0.2, 0) is 4.79 Å². The predicted octanol–water partition coefficient (Wildman–Crippen LogP) is 3.25. The second kappa shape index (κ2) is 9.36. The molecular weight excluding hydrogens is 393 g/mol. The topological polar surface area (TPSA) is 53.8 Å². The minimum Gasteiger partial charge on any atom is -0.369 e. The fourth-order valence-corrected chi connectivity index (χ4v) is 4.44. The van der Waals surface area contributed by atoms with Crippen molar-refractivity contribution in [2.45, 2.75) is 25.8 Å². The molecule has 7 heteroatoms. The first kappa shape index (κ1) is 21.1. The molecule has 31 heavy (non-hydrogen) atoms. The highest BCUT2D eigenvalue weighted by atomic mass is 19.1. The average Bonchev–Trinajstić information content (AvgIpc) is 3.08. The Hall–Kier alpha value is -3.11. The highest BCUT2D eigenvalue weighted by Gasteiger charge is 2.35. The molecule has 0 aromatic heterocycles. The molecule has 2 saturated heterocycles. The van der Waals surface area contributed by atoms with Crippen LogP contribution >= 0.6 is 0 Å². The number of hydrazine groups is 1. The van der Waals surface area contributed by atoms with Gasteiger partial charge < -0.3 is 4.90 Å². The summed E-state index contributed by atoms with van der Waals surface area (Å²) in [5.74, 6) is -0.0544. The van der Waals surface area contributed by atoms with E-state index in [1.165, 1.54) is 12.1 Å². The molecule has 4 rings (SSSR count). The lowest BCUT2D eigenvalue weighted by Gasteiger charge is -2.37. The summed E-state index contributed by atoms with van der Waals surface area (Å²) in [7, 11) is 0. The van der Waals surface area contributed by atoms with Gasteiger partial charge in [0.05, 0.1) is 29.8 Å². The van der Waals surface area contributed by atoms with Gasteiger partial charge in [-0.3, -0.25) is 19.7 Å². The van der Waals surface area contributed by atoms with Gasteiger partial charge in [-0.15, -0.1) is 0 Å². The number of anilines is 2. The van der Waals surface area contributed by atoms with Crippen LogP contribution in [0.15, 0.2) is 48.5 Å². The van der Waals surface area contributed by atoms with Crippen LogP contribution in [0.2, 0.25) is 0 Å². The standard InChI is InChI=1S/C24H28FN5O/c1-19-17-24(31)29(30(19)23-7-3-20(18-26)4-8-23)12-2-11-27-13-15-28(16-14-27)22-9-5-21(25)6-10-22/h3-10,19H,2,11-17H2,1H3. The number of amides is 1. The molecule has 2 aliphatic rings. The van der Waals surface area contributed by atoms with E-state index in [-0.39, 0.29) is 17.8 Å². The SMILES string of the molecule is CC1CC(=O)N(CCCN2CCN(c3ccc(F)cc3)CC2)N1c1ccc(C#N)cc1. The van der Waals surface area contributed by atoms with E-state index in [1.54, 1.807) is 12.1 Å². The fourth-order valence-electron chi connectivity index (χ4n) is 4.44. The monoisotopic (exact) mass is 421 g/mol. The second-order valence-electron chi connectivity index (χ2n) is 8.23. The molecule has 162 valence electrons. The number of carbonyl (C=O) groups is 1. The summed E-state index contributed by atoms with van der Waals surface area (Å²) in [6, 6.07) is 16.4. The van der Waals surface area contributed by atoms with E-state index in [0.29, 0.717) is 18.5 Å². The molecule has 1 unspecified atom stereocenters. The normalized spacial score (nSPS) is 19.7. The number of rotatable bonds is 6. The number of hydrogen-bond donors (Lipinski definition) is 0. The Bertz CT molecular complexity index is 932. The summed E-state index contributed by atoms with van der Waals surface area (Å²) in [5.41, 5.74) is 2.63. The Morgan fingerprint density at radius 2 is 1.61 bits per heavy atom. The Kier molecular flexibility index (Phi) is 6.38. The van der Waals surface area contributed by atoms with Crippen LogP contribution in [0.1, 0.15) is 25.3 Å². The molecular formula is C24H28FN5O. The van der Waals surface area contributed by atoms with Crippen molar-refractivity contribution in [3.63, 3.8) is 0 Å². The molecule has 0 bridgehead atoms. The van der Waals surface area contributed by atoms with E-state index in [2.05, 4.69) is 27.8 Å². The summed E-state index contributed by atoms with van der Waals surface area (Å²) >= 11 is 0. The van der Waals surface area contributed by atoms with Gasteiger partial charge in [0.15, 0.2) is 0 Å². The van der Waals surface area contributed by atoms with Crippen molar-refractivity contribution in [1.82, 2.24) is 9.91 Å². The van der Waals surface area contributed by atoms with Gasteiger partial charge in [0, 0.05) is 45.0 Å². The van der Waals surface area contributed by atoms with Crippen LogP contribution in [0, 0.1) is 17.1 Å². The first-order valence-electron chi connectivity index (χ1n) is 10.9. The number of nitrogens with zero attached hydrogens (tertiary/aromatic N) is 5. The van der Waals surface area contributed by atoms with Gasteiger partial charge >= 0.3 is 0 Å². The molecule has 6 nitrogen and oxygen atoms in total. The first-order valence-corrected chi connectivity index (χ1v) is 10.9. The Balaban J connectivity index is 1.28. The molecule has 2 heterocycles. The lowest BCUT2D eigenvalue weighted by molar-refractivity contribution is -0.128. The van der Waals surface area contributed by atoms with E-state index in [9.17, 15) is 9.18 Å². The molecule has 2 aromatic rings. The van der Waals surface area contributed by atoms with Crippen molar-refractivity contribution in [2.24, 2.45) is 0 Å². The molecule has 0 N–H and O–H groups in total. The molecule has 0 aliphatic carbocycles. The third kappa shape index (κ3) is 4.80. The van der Waals surface area contributed by atoms with Crippen LogP contribution in [0.5, 0.6) is 0 Å². The molecule has 1 amide bonds. The van der Waals surface area contributed by atoms with Gasteiger partial charge in [0.2, 0.25) is 5.91 Å². The van der Waals surface area contributed by atoms with Crippen LogP contribution in [-0.4, -0.2) is 61.1 Å². The lowest BCUT2D eigenvalue weighted by Crippen LogP contribution is -2.48. The molecule has 2 fully saturated rings. The van der Waals surface area contributed by atoms with Crippen molar-refractivity contribution in [1.29, 1.82) is 5.26 Å². The van der Waals surface area contributed by atoms with E-state index in [1.807, 2.05) is 29.3 Å². The largest absolute Gasteiger partial charge is 0.369 e. The minimum absolute atomic E-state index is 0.111. The molecule has 0 saturated carbocycles. The zero-order valence-corrected chi connectivity index (χ0v) is 17.9. The van der Waals surface area contributed by atoms with E-state index in [4.69, 9.17) is 5.26 Å². The van der Waals surface area contributed by atoms with Gasteiger partial charge in [0.1, 0.15) is 5.82 Å². The maximum atomic E-state index is 13.1. The molecule has 0 radical (unpaired) electrons. The number of hydrogen-bond acceptors (Lipinski definition) is 5. The Morgan fingerprint density at radius 3 is 2.26 bits per heavy atom. The summed E-state index contributed by atoms with van der Waals surface area (Å²) in [5, 5.41) is 12.9. The number of carbonyl (C=O) groups excluding carboxylic acids is 1. The summed E-state index contributed by atoms with van der Waals surface area (Å²) in [4.78, 5) is 17.3. The Morgan fingerprint density at radius 1 is 0.968 bits per heavy atom. The van der Waals surface area contributed by atoms with Crippen molar-refractivity contribution >= 4 is 17.3 Å². The van der Waals surface area contributed by atoms with Crippen molar-refractivity contribution in [3.8, 4) is 6.07 Å². The van der Waals surface area contributed by atoms with Gasteiger partial charge in [-0.1, -0.05) is 0 Å². The Labute approximate surface area is 183 Å². The third-order valence-electron chi connectivity index (χ3n) is 6.10. The summed E-state index contributed by atoms with van der Waals surface area (Å²) in [6.07, 6.45) is 1.41. The van der Waals surface area contributed by atoms with Crippen LogP contribution in [0.3, 0.4) is 0 Å². The highest BCUT2D eigenvalue weighted by Crippen LogP contribution is 2.28. The molecule has 2 aliphatic heterocycles. The van der Waals surface area contributed by atoms with Crippen LogP contribution < -0.4 is 9.91 Å². The third-order valence-corrected chi connectivity index (χ3v) is 6.10. The molecule has 1 atom stereocenters. The molecule has 2 aromatic carbocycles. The van der Waals surface area contributed by atoms with E-state index < -0.39 is 0 Å². The van der Waals surface area contributed by atoms with E-state index >= 15 is 0 Å². The fraction of sp³-hybridized carbons (Fsp3) is 0.417. The quantitative estimate of drug-likeness (QED) is 0.717. The number of halogens is 1. The molecule has 0 spiro atoms. The number of benzene rings is 2. The highest BCUT2D eigenvalue weighted by molar-refractivity contribution is 5.82. The smallest absolute Gasteiger partial charge is 0.243 e. The van der Waals surface area contributed by atoms with Gasteiger partial charge in [-0.05, 0) is 61.9 Å². The summed E-state index contributed by atoms with van der Waals surface area (Å²) in [6.45, 7) is 7.44. The van der Waals surface area contributed by atoms with Gasteiger partial charge in [0.25, 0.3) is 0 Å². The van der Waals surface area contributed by atoms with Crippen molar-refractivity contribution in [3.05, 3.63) is 59.9 Å². The minimum atomic E-state index is -0.205. The zero-order valence-electron chi connectivity index (χ0n) is 17.9. The van der Waals surface area contributed by atoms with Crippen LogP contribution in [0.4, 0.5) is 15.8 Å². The van der Waals surface area contributed by atoms with Gasteiger partial charge in [-0.25, -0.2) is 4.39 Å². The number of nitriles is 1. The zero-order chi connectivity index (χ0) is 21.8. The van der Waals surface area contributed by atoms with E-state index in [0.717, 1.165) is 50.5 Å². The first-order chi connectivity index (χ1) is 15.0.